The molecule has 0 atom stereocenters. The molecule has 0 aliphatic rings. The van der Waals surface area contributed by atoms with Crippen molar-refractivity contribution in [2.24, 2.45) is 0 Å². The molecule has 0 aliphatic carbocycles. The molecule has 17 heavy (non-hydrogen) atoms. The van der Waals surface area contributed by atoms with E-state index < -0.39 is 10.9 Å². The molecule has 0 saturated carbocycles. The minimum absolute atomic E-state index is 0.00985. The van der Waals surface area contributed by atoms with Crippen LogP contribution in [-0.2, 0) is 4.79 Å². The summed E-state index contributed by atoms with van der Waals surface area (Å²) in [5.41, 5.74) is 0.505. The summed E-state index contributed by atoms with van der Waals surface area (Å²) in [6, 6.07) is 3.00. The summed E-state index contributed by atoms with van der Waals surface area (Å²) < 4.78 is 5.05. The predicted octanol–water partition coefficient (Wildman–Crippen LogP) is 1.32. The molecule has 0 saturated heterocycles. The van der Waals surface area contributed by atoms with Crippen LogP contribution >= 0.6 is 0 Å². The van der Waals surface area contributed by atoms with Crippen molar-refractivity contribution in [2.45, 2.75) is 6.92 Å². The first-order valence-electron chi connectivity index (χ1n) is 4.65. The van der Waals surface area contributed by atoms with E-state index in [1.807, 2.05) is 0 Å². The van der Waals surface area contributed by atoms with Crippen LogP contribution in [0.2, 0.25) is 0 Å². The maximum atomic E-state index is 10.7. The van der Waals surface area contributed by atoms with Crippen LogP contribution in [0.15, 0.2) is 24.3 Å². The van der Waals surface area contributed by atoms with Crippen LogP contribution in [0.5, 0.6) is 5.75 Å². The highest BCUT2D eigenvalue weighted by atomic mass is 16.6. The predicted molar refractivity (Wildman–Crippen MR) is 57.9 cm³/mol. The molecule has 1 aromatic rings. The zero-order chi connectivity index (χ0) is 12.8. The SMILES string of the molecule is Cc1ccc(OC/C=C/C(=O)O)c([N+](=O)[O-])n1. The number of hydrogen-bond donors (Lipinski definition) is 1. The third-order valence-corrected chi connectivity index (χ3v) is 1.75. The summed E-state index contributed by atoms with van der Waals surface area (Å²) in [6.07, 6.45) is 2.14. The van der Waals surface area contributed by atoms with Crippen molar-refractivity contribution >= 4 is 11.8 Å². The van der Waals surface area contributed by atoms with Gasteiger partial charge in [0.2, 0.25) is 5.75 Å². The summed E-state index contributed by atoms with van der Waals surface area (Å²) in [7, 11) is 0. The summed E-state index contributed by atoms with van der Waals surface area (Å²) in [5.74, 6) is -1.48. The monoisotopic (exact) mass is 238 g/mol. The van der Waals surface area contributed by atoms with Gasteiger partial charge >= 0.3 is 11.8 Å². The highest BCUT2D eigenvalue weighted by Gasteiger charge is 2.16. The Bertz CT molecular complexity index is 470. The van der Waals surface area contributed by atoms with E-state index >= 15 is 0 Å². The van der Waals surface area contributed by atoms with Crippen LogP contribution in [-0.4, -0.2) is 27.6 Å². The number of nitro groups is 1. The van der Waals surface area contributed by atoms with Crippen molar-refractivity contribution in [1.29, 1.82) is 0 Å². The summed E-state index contributed by atoms with van der Waals surface area (Å²) in [6.45, 7) is 1.55. The van der Waals surface area contributed by atoms with Crippen LogP contribution in [0.1, 0.15) is 5.69 Å². The molecule has 1 aromatic heterocycles. The summed E-state index contributed by atoms with van der Waals surface area (Å²) >= 11 is 0. The summed E-state index contributed by atoms with van der Waals surface area (Å²) in [5, 5.41) is 19.0. The number of ether oxygens (including phenoxy) is 1. The number of pyridine rings is 1. The maximum Gasteiger partial charge on any atom is 0.406 e. The van der Waals surface area contributed by atoms with Crippen LogP contribution in [0.25, 0.3) is 0 Å². The lowest BCUT2D eigenvalue weighted by molar-refractivity contribution is -0.390. The van der Waals surface area contributed by atoms with Gasteiger partial charge < -0.3 is 20.0 Å². The first-order chi connectivity index (χ1) is 8.00. The number of carboxylic acids is 1. The second-order valence-corrected chi connectivity index (χ2v) is 3.08. The molecule has 0 radical (unpaired) electrons. The number of aromatic nitrogens is 1. The third-order valence-electron chi connectivity index (χ3n) is 1.75. The molecule has 0 fully saturated rings. The first kappa shape index (κ1) is 12.6. The smallest absolute Gasteiger partial charge is 0.406 e. The Morgan fingerprint density at radius 2 is 2.35 bits per heavy atom. The van der Waals surface area contributed by atoms with E-state index in [0.717, 1.165) is 6.08 Å². The van der Waals surface area contributed by atoms with E-state index in [1.165, 1.54) is 12.1 Å². The number of hydrogen-bond acceptors (Lipinski definition) is 5. The molecule has 7 nitrogen and oxygen atoms in total. The molecule has 0 spiro atoms. The standard InChI is InChI=1S/C10H10N2O5/c1-7-4-5-8(10(11-7)12(15)16)17-6-2-3-9(13)14/h2-5H,6H2,1H3,(H,13,14)/b3-2+. The van der Waals surface area contributed by atoms with Crippen LogP contribution in [0.4, 0.5) is 5.82 Å². The van der Waals surface area contributed by atoms with Gasteiger partial charge in [-0.1, -0.05) is 0 Å². The lowest BCUT2D eigenvalue weighted by Gasteiger charge is -2.03. The van der Waals surface area contributed by atoms with Gasteiger partial charge in [-0.25, -0.2) is 4.79 Å². The lowest BCUT2D eigenvalue weighted by Crippen LogP contribution is -2.01. The van der Waals surface area contributed by atoms with Crippen LogP contribution < -0.4 is 4.74 Å². The largest absolute Gasteiger partial charge is 0.481 e. The Labute approximate surface area is 96.5 Å². The molecular formula is C10H10N2O5. The normalized spacial score (nSPS) is 10.4. The zero-order valence-electron chi connectivity index (χ0n) is 8.99. The van der Waals surface area contributed by atoms with E-state index in [0.29, 0.717) is 5.69 Å². The summed E-state index contributed by atoms with van der Waals surface area (Å²) in [4.78, 5) is 23.9. The van der Waals surface area contributed by atoms with Gasteiger partial charge in [0.15, 0.2) is 0 Å². The zero-order valence-corrected chi connectivity index (χ0v) is 8.99. The Balaban J connectivity index is 2.77. The highest BCUT2D eigenvalue weighted by Crippen LogP contribution is 2.24. The molecule has 0 aliphatic heterocycles. The average molecular weight is 238 g/mol. The highest BCUT2D eigenvalue weighted by molar-refractivity contribution is 5.79. The van der Waals surface area contributed by atoms with Gasteiger partial charge in [0.05, 0.1) is 0 Å². The van der Waals surface area contributed by atoms with E-state index in [4.69, 9.17) is 9.84 Å². The van der Waals surface area contributed by atoms with Crippen LogP contribution in [0, 0.1) is 17.0 Å². The number of aliphatic carboxylic acids is 1. The molecule has 0 unspecified atom stereocenters. The molecule has 1 heterocycles. The number of carboxylic acid groups (broad SMARTS) is 1. The number of aryl methyl sites for hydroxylation is 1. The van der Waals surface area contributed by atoms with Crippen molar-refractivity contribution in [3.63, 3.8) is 0 Å². The molecule has 1 N–H and O–H groups in total. The van der Waals surface area contributed by atoms with Gasteiger partial charge in [-0.2, -0.15) is 0 Å². The fourth-order valence-electron chi connectivity index (χ4n) is 1.06. The van der Waals surface area contributed by atoms with Crippen molar-refractivity contribution < 1.29 is 19.6 Å². The second kappa shape index (κ2) is 5.59. The van der Waals surface area contributed by atoms with E-state index in [2.05, 4.69) is 4.98 Å². The molecule has 90 valence electrons. The Kier molecular flexibility index (Phi) is 4.15. The fourth-order valence-corrected chi connectivity index (χ4v) is 1.06. The Morgan fingerprint density at radius 1 is 1.65 bits per heavy atom. The van der Waals surface area contributed by atoms with Crippen molar-refractivity contribution in [3.05, 3.63) is 40.1 Å². The third kappa shape index (κ3) is 3.90. The van der Waals surface area contributed by atoms with Gasteiger partial charge in [0.1, 0.15) is 12.3 Å². The van der Waals surface area contributed by atoms with Gasteiger partial charge in [-0.15, -0.1) is 0 Å². The van der Waals surface area contributed by atoms with Crippen molar-refractivity contribution in [3.8, 4) is 5.75 Å². The topological polar surface area (TPSA) is 103 Å². The van der Waals surface area contributed by atoms with E-state index in [9.17, 15) is 14.9 Å². The van der Waals surface area contributed by atoms with E-state index in [-0.39, 0.29) is 18.2 Å². The second-order valence-electron chi connectivity index (χ2n) is 3.08. The fraction of sp³-hybridized carbons (Fsp3) is 0.200. The molecule has 0 amide bonds. The van der Waals surface area contributed by atoms with Crippen molar-refractivity contribution in [2.75, 3.05) is 6.61 Å². The Hall–Kier alpha value is -2.44. The van der Waals surface area contributed by atoms with Gasteiger partial charge in [-0.3, -0.25) is 0 Å². The minimum Gasteiger partial charge on any atom is -0.481 e. The average Bonchev–Trinajstić information content (AvgIpc) is 2.25. The van der Waals surface area contributed by atoms with Gasteiger partial charge in [0, 0.05) is 13.0 Å². The van der Waals surface area contributed by atoms with Gasteiger partial charge in [0.25, 0.3) is 0 Å². The van der Waals surface area contributed by atoms with Crippen molar-refractivity contribution in [1.82, 2.24) is 4.98 Å². The lowest BCUT2D eigenvalue weighted by atomic mass is 10.3. The number of carbonyl (C=O) groups is 1. The Morgan fingerprint density at radius 3 is 2.94 bits per heavy atom. The molecule has 7 heteroatoms. The van der Waals surface area contributed by atoms with E-state index in [1.54, 1.807) is 13.0 Å². The quantitative estimate of drug-likeness (QED) is 0.471. The number of nitrogens with zero attached hydrogens (tertiary/aromatic N) is 2. The van der Waals surface area contributed by atoms with Gasteiger partial charge in [-0.05, 0) is 28.1 Å². The number of rotatable bonds is 5. The van der Waals surface area contributed by atoms with Crippen LogP contribution in [0.3, 0.4) is 0 Å². The molecular weight excluding hydrogens is 228 g/mol. The molecule has 0 aromatic carbocycles. The minimum atomic E-state index is -1.11. The first-order valence-corrected chi connectivity index (χ1v) is 4.65. The molecule has 1 rings (SSSR count). The maximum absolute atomic E-state index is 10.7. The molecule has 0 bridgehead atoms.